The first-order valence-electron chi connectivity index (χ1n) is 8.69. The molecule has 2 aromatic carbocycles. The number of fused-ring (bicyclic) bond motifs is 1. The number of hydrogen-bond acceptors (Lipinski definition) is 1. The van der Waals surface area contributed by atoms with Gasteiger partial charge in [0, 0.05) is 15.0 Å². The highest BCUT2D eigenvalue weighted by molar-refractivity contribution is 9.11. The molecule has 0 aliphatic rings. The molecule has 1 aromatic heterocycles. The van der Waals surface area contributed by atoms with Crippen molar-refractivity contribution in [2.24, 2.45) is 0 Å². The van der Waals surface area contributed by atoms with Gasteiger partial charge >= 0.3 is 5.69 Å². The summed E-state index contributed by atoms with van der Waals surface area (Å²) in [6.45, 7) is 4.89. The fourth-order valence-electron chi connectivity index (χ4n) is 3.47. The van der Waals surface area contributed by atoms with Crippen LogP contribution < -0.4 is 5.69 Å². The maximum absolute atomic E-state index is 13.2. The van der Waals surface area contributed by atoms with Crippen LogP contribution in [0.15, 0.2) is 56.2 Å². The van der Waals surface area contributed by atoms with E-state index in [1.807, 2.05) is 33.4 Å². The van der Waals surface area contributed by atoms with Crippen LogP contribution in [0, 0.1) is 0 Å². The summed E-state index contributed by atoms with van der Waals surface area (Å²) in [5.74, 6) is 0. The van der Waals surface area contributed by atoms with E-state index in [-0.39, 0.29) is 11.7 Å². The molecule has 5 heteroatoms. The summed E-state index contributed by atoms with van der Waals surface area (Å²) in [4.78, 5) is 13.2. The van der Waals surface area contributed by atoms with Crippen molar-refractivity contribution in [1.82, 2.24) is 9.13 Å². The van der Waals surface area contributed by atoms with Crippen molar-refractivity contribution in [2.45, 2.75) is 45.7 Å². The van der Waals surface area contributed by atoms with E-state index in [0.29, 0.717) is 6.54 Å². The lowest BCUT2D eigenvalue weighted by Gasteiger charge is -2.15. The van der Waals surface area contributed by atoms with Gasteiger partial charge in [-0.2, -0.15) is 0 Å². The van der Waals surface area contributed by atoms with Gasteiger partial charge in [0.15, 0.2) is 0 Å². The van der Waals surface area contributed by atoms with Crippen molar-refractivity contribution in [3.05, 3.63) is 67.5 Å². The molecule has 0 radical (unpaired) electrons. The minimum absolute atomic E-state index is 0.0811. The molecule has 0 amide bonds. The van der Waals surface area contributed by atoms with Gasteiger partial charge in [-0.25, -0.2) is 4.79 Å². The molecule has 0 saturated heterocycles. The maximum atomic E-state index is 13.2. The number of para-hydroxylation sites is 2. The molecule has 1 heterocycles. The van der Waals surface area contributed by atoms with Gasteiger partial charge in [-0.3, -0.25) is 9.13 Å². The average molecular weight is 466 g/mol. The van der Waals surface area contributed by atoms with E-state index in [0.717, 1.165) is 44.8 Å². The summed E-state index contributed by atoms with van der Waals surface area (Å²) in [6.07, 6.45) is 3.06. The Morgan fingerprint density at radius 2 is 1.64 bits per heavy atom. The SMILES string of the molecule is CCCC(CC)n1c(=O)n(Cc2cc(Br)cc(Br)c2)c2ccccc21. The fraction of sp³-hybridized carbons (Fsp3) is 0.350. The van der Waals surface area contributed by atoms with Crippen molar-refractivity contribution < 1.29 is 0 Å². The third kappa shape index (κ3) is 3.77. The van der Waals surface area contributed by atoms with Crippen LogP contribution in [-0.2, 0) is 6.54 Å². The zero-order valence-corrected chi connectivity index (χ0v) is 17.7. The molecule has 0 bridgehead atoms. The van der Waals surface area contributed by atoms with Crippen LogP contribution in [0.1, 0.15) is 44.7 Å². The van der Waals surface area contributed by atoms with Crippen LogP contribution in [0.2, 0.25) is 0 Å². The van der Waals surface area contributed by atoms with Crippen molar-refractivity contribution in [3.63, 3.8) is 0 Å². The molecular formula is C20H22Br2N2O. The summed E-state index contributed by atoms with van der Waals surface area (Å²) in [7, 11) is 0. The molecule has 3 nitrogen and oxygen atoms in total. The first-order chi connectivity index (χ1) is 12.0. The van der Waals surface area contributed by atoms with Crippen molar-refractivity contribution >= 4 is 42.9 Å². The Kier molecular flexibility index (Phi) is 5.85. The monoisotopic (exact) mass is 464 g/mol. The van der Waals surface area contributed by atoms with Crippen LogP contribution in [0.5, 0.6) is 0 Å². The lowest BCUT2D eigenvalue weighted by molar-refractivity contribution is 0.441. The zero-order valence-electron chi connectivity index (χ0n) is 14.5. The van der Waals surface area contributed by atoms with Gasteiger partial charge in [0.05, 0.1) is 17.6 Å². The molecule has 0 fully saturated rings. The van der Waals surface area contributed by atoms with Crippen LogP contribution in [-0.4, -0.2) is 9.13 Å². The summed E-state index contributed by atoms with van der Waals surface area (Å²) >= 11 is 7.06. The number of hydrogen-bond donors (Lipinski definition) is 0. The lowest BCUT2D eigenvalue weighted by atomic mass is 10.1. The van der Waals surface area contributed by atoms with Crippen LogP contribution in [0.4, 0.5) is 0 Å². The lowest BCUT2D eigenvalue weighted by Crippen LogP contribution is -2.27. The van der Waals surface area contributed by atoms with Gasteiger partial charge in [-0.05, 0) is 48.7 Å². The number of rotatable bonds is 6. The molecule has 25 heavy (non-hydrogen) atoms. The van der Waals surface area contributed by atoms with Crippen LogP contribution in [0.25, 0.3) is 11.0 Å². The van der Waals surface area contributed by atoms with Gasteiger partial charge in [-0.15, -0.1) is 0 Å². The van der Waals surface area contributed by atoms with Gasteiger partial charge in [0.25, 0.3) is 0 Å². The molecule has 1 atom stereocenters. The van der Waals surface area contributed by atoms with Crippen molar-refractivity contribution in [2.75, 3.05) is 0 Å². The number of halogens is 2. The maximum Gasteiger partial charge on any atom is 0.329 e. The molecule has 0 spiro atoms. The van der Waals surface area contributed by atoms with E-state index in [4.69, 9.17) is 0 Å². The molecule has 0 saturated carbocycles. The first kappa shape index (κ1) is 18.5. The minimum Gasteiger partial charge on any atom is -0.289 e. The Morgan fingerprint density at radius 1 is 1.00 bits per heavy atom. The Balaban J connectivity index is 2.15. The van der Waals surface area contributed by atoms with Gasteiger partial charge in [-0.1, -0.05) is 64.3 Å². The van der Waals surface area contributed by atoms with E-state index < -0.39 is 0 Å². The zero-order chi connectivity index (χ0) is 18.0. The Bertz CT molecular complexity index is 922. The Labute approximate surface area is 164 Å². The second-order valence-electron chi connectivity index (χ2n) is 6.36. The summed E-state index contributed by atoms with van der Waals surface area (Å²) in [5, 5.41) is 0. The van der Waals surface area contributed by atoms with E-state index in [1.54, 1.807) is 0 Å². The molecular weight excluding hydrogens is 444 g/mol. The second-order valence-corrected chi connectivity index (χ2v) is 8.19. The van der Waals surface area contributed by atoms with Crippen LogP contribution >= 0.6 is 31.9 Å². The summed E-state index contributed by atoms with van der Waals surface area (Å²) in [5.41, 5.74) is 3.20. The van der Waals surface area contributed by atoms with Crippen molar-refractivity contribution in [3.8, 4) is 0 Å². The smallest absolute Gasteiger partial charge is 0.289 e. The number of benzene rings is 2. The van der Waals surface area contributed by atoms with Gasteiger partial charge in [0.2, 0.25) is 0 Å². The normalized spacial score (nSPS) is 12.6. The third-order valence-electron chi connectivity index (χ3n) is 4.59. The molecule has 0 aliphatic carbocycles. The Morgan fingerprint density at radius 3 is 2.24 bits per heavy atom. The highest BCUT2D eigenvalue weighted by Gasteiger charge is 2.18. The summed E-state index contributed by atoms with van der Waals surface area (Å²) in [6, 6.07) is 14.5. The highest BCUT2D eigenvalue weighted by atomic mass is 79.9. The fourth-order valence-corrected chi connectivity index (χ4v) is 4.86. The molecule has 1 unspecified atom stereocenters. The van der Waals surface area contributed by atoms with Crippen molar-refractivity contribution in [1.29, 1.82) is 0 Å². The largest absolute Gasteiger partial charge is 0.329 e. The molecule has 3 rings (SSSR count). The molecule has 132 valence electrons. The van der Waals surface area contributed by atoms with E-state index >= 15 is 0 Å². The van der Waals surface area contributed by atoms with E-state index in [9.17, 15) is 4.79 Å². The minimum atomic E-state index is 0.0811. The molecule has 0 N–H and O–H groups in total. The first-order valence-corrected chi connectivity index (χ1v) is 10.3. The Hall–Kier alpha value is -1.33. The molecule has 0 aliphatic heterocycles. The van der Waals surface area contributed by atoms with Gasteiger partial charge < -0.3 is 0 Å². The second kappa shape index (κ2) is 7.92. The topological polar surface area (TPSA) is 26.9 Å². The van der Waals surface area contributed by atoms with E-state index in [1.165, 1.54) is 0 Å². The molecule has 3 aromatic rings. The number of imidazole rings is 1. The third-order valence-corrected chi connectivity index (χ3v) is 5.51. The number of nitrogens with zero attached hydrogens (tertiary/aromatic N) is 2. The standard InChI is InChI=1S/C20H22Br2N2O/c1-3-7-17(4-2)24-19-9-6-5-8-18(19)23(20(24)25)13-14-10-15(21)12-16(22)11-14/h5-6,8-12,17H,3-4,7,13H2,1-2H3. The average Bonchev–Trinajstić information content (AvgIpc) is 2.84. The van der Waals surface area contributed by atoms with E-state index in [2.05, 4.69) is 63.9 Å². The quantitative estimate of drug-likeness (QED) is 0.430. The van der Waals surface area contributed by atoms with Gasteiger partial charge in [0.1, 0.15) is 0 Å². The predicted molar refractivity (Wildman–Crippen MR) is 111 cm³/mol. The summed E-state index contributed by atoms with van der Waals surface area (Å²) < 4.78 is 5.89. The predicted octanol–water partition coefficient (Wildman–Crippen LogP) is 6.13. The number of aromatic nitrogens is 2. The van der Waals surface area contributed by atoms with Crippen LogP contribution in [0.3, 0.4) is 0 Å². The highest BCUT2D eigenvalue weighted by Crippen LogP contribution is 2.25.